The predicted octanol–water partition coefficient (Wildman–Crippen LogP) is 4.53. The van der Waals surface area contributed by atoms with Gasteiger partial charge < -0.3 is 0 Å². The Morgan fingerprint density at radius 1 is 0.444 bits per heavy atom. The zero-order chi connectivity index (χ0) is 18.7. The maximum absolute atomic E-state index is 3.63. The van der Waals surface area contributed by atoms with E-state index in [0.29, 0.717) is 0 Å². The SMILES string of the molecule is C=Cc1ccccc1.c1cc[c]([Sn]([c]2ccccc2)[c]2ccccc2)cc1. The molecule has 0 atom stereocenters. The summed E-state index contributed by atoms with van der Waals surface area (Å²) in [5.74, 6) is 0. The van der Waals surface area contributed by atoms with E-state index in [-0.39, 0.29) is 0 Å². The summed E-state index contributed by atoms with van der Waals surface area (Å²) in [6, 6.07) is 43.0. The molecule has 0 saturated carbocycles. The van der Waals surface area contributed by atoms with Crippen LogP contribution in [-0.4, -0.2) is 19.8 Å². The van der Waals surface area contributed by atoms with Crippen LogP contribution >= 0.6 is 0 Å². The molecule has 0 fully saturated rings. The van der Waals surface area contributed by atoms with E-state index < -0.39 is 19.8 Å². The zero-order valence-electron chi connectivity index (χ0n) is 15.3. The van der Waals surface area contributed by atoms with Crippen molar-refractivity contribution in [3.05, 3.63) is 133 Å². The van der Waals surface area contributed by atoms with Crippen LogP contribution in [0.25, 0.3) is 6.08 Å². The third-order valence-electron chi connectivity index (χ3n) is 4.22. The summed E-state index contributed by atoms with van der Waals surface area (Å²) in [5.41, 5.74) is 1.17. The van der Waals surface area contributed by atoms with Crippen LogP contribution < -0.4 is 10.7 Å². The first-order valence-electron chi connectivity index (χ1n) is 9.09. The average Bonchev–Trinajstić information content (AvgIpc) is 2.77. The molecule has 0 amide bonds. The molecule has 0 aromatic heterocycles. The number of benzene rings is 4. The van der Waals surface area contributed by atoms with Crippen LogP contribution in [0.3, 0.4) is 0 Å². The molecule has 131 valence electrons. The van der Waals surface area contributed by atoms with Gasteiger partial charge in [0.25, 0.3) is 0 Å². The fraction of sp³-hybridized carbons (Fsp3) is 0. The van der Waals surface area contributed by atoms with E-state index in [2.05, 4.69) is 97.6 Å². The first-order valence-corrected chi connectivity index (χ1v) is 13.4. The Bertz CT molecular complexity index is 823. The van der Waals surface area contributed by atoms with Crippen molar-refractivity contribution in [3.8, 4) is 0 Å². The molecule has 0 aliphatic rings. The Morgan fingerprint density at radius 3 is 1.00 bits per heavy atom. The zero-order valence-corrected chi connectivity index (χ0v) is 18.2. The molecule has 1 heteroatoms. The predicted molar refractivity (Wildman–Crippen MR) is 121 cm³/mol. The van der Waals surface area contributed by atoms with Gasteiger partial charge in [-0.15, -0.1) is 0 Å². The maximum atomic E-state index is 3.63. The minimum atomic E-state index is -1.98. The second-order valence-electron chi connectivity index (χ2n) is 6.09. The molecule has 0 heterocycles. The fourth-order valence-corrected chi connectivity index (χ4v) is 10.3. The van der Waals surface area contributed by atoms with Crippen LogP contribution in [0.15, 0.2) is 128 Å². The van der Waals surface area contributed by atoms with Crippen LogP contribution in [-0.2, 0) is 0 Å². The number of rotatable bonds is 4. The van der Waals surface area contributed by atoms with Crippen molar-refractivity contribution in [2.45, 2.75) is 0 Å². The van der Waals surface area contributed by atoms with Crippen molar-refractivity contribution < 1.29 is 0 Å². The molecule has 0 N–H and O–H groups in total. The third-order valence-corrected chi connectivity index (χ3v) is 12.0. The van der Waals surface area contributed by atoms with Crippen LogP contribution in [0.5, 0.6) is 0 Å². The fourth-order valence-electron chi connectivity index (χ4n) is 2.90. The molecule has 1 radical (unpaired) electrons. The topological polar surface area (TPSA) is 0 Å². The van der Waals surface area contributed by atoms with Crippen molar-refractivity contribution in [1.29, 1.82) is 0 Å². The van der Waals surface area contributed by atoms with Gasteiger partial charge in [0, 0.05) is 0 Å². The van der Waals surface area contributed by atoms with E-state index in [9.17, 15) is 0 Å². The van der Waals surface area contributed by atoms with Crippen molar-refractivity contribution in [2.75, 3.05) is 0 Å². The van der Waals surface area contributed by atoms with Gasteiger partial charge in [-0.05, 0) is 5.56 Å². The molecule has 0 aliphatic carbocycles. The van der Waals surface area contributed by atoms with Gasteiger partial charge in [0.2, 0.25) is 0 Å². The Labute approximate surface area is 169 Å². The van der Waals surface area contributed by atoms with Crippen LogP contribution in [0.2, 0.25) is 0 Å². The van der Waals surface area contributed by atoms with Gasteiger partial charge in [-0.25, -0.2) is 0 Å². The Kier molecular flexibility index (Phi) is 7.49. The molecule has 0 nitrogen and oxygen atoms in total. The Morgan fingerprint density at radius 2 is 0.741 bits per heavy atom. The average molecular weight is 454 g/mol. The van der Waals surface area contributed by atoms with Crippen LogP contribution in [0, 0.1) is 0 Å². The van der Waals surface area contributed by atoms with E-state index in [0.717, 1.165) is 0 Å². The van der Waals surface area contributed by atoms with E-state index in [1.807, 2.05) is 36.4 Å². The van der Waals surface area contributed by atoms with Crippen molar-refractivity contribution >= 4 is 36.6 Å². The third kappa shape index (κ3) is 5.70. The minimum absolute atomic E-state index is 1.17. The molecular formula is C26H23Sn. The van der Waals surface area contributed by atoms with Crippen LogP contribution in [0.4, 0.5) is 0 Å². The summed E-state index contributed by atoms with van der Waals surface area (Å²) < 4.78 is 4.59. The van der Waals surface area contributed by atoms with E-state index >= 15 is 0 Å². The molecule has 0 bridgehead atoms. The Hall–Kier alpha value is -2.58. The summed E-state index contributed by atoms with van der Waals surface area (Å²) >= 11 is -1.98. The molecule has 0 aliphatic heterocycles. The second-order valence-corrected chi connectivity index (χ2v) is 13.2. The van der Waals surface area contributed by atoms with Gasteiger partial charge >= 0.3 is 121 Å². The molecule has 0 saturated heterocycles. The molecule has 0 spiro atoms. The van der Waals surface area contributed by atoms with E-state index in [4.69, 9.17) is 0 Å². The van der Waals surface area contributed by atoms with Gasteiger partial charge in [0.1, 0.15) is 0 Å². The summed E-state index contributed by atoms with van der Waals surface area (Å²) in [5, 5.41) is 0. The summed E-state index contributed by atoms with van der Waals surface area (Å²) in [4.78, 5) is 0. The van der Waals surface area contributed by atoms with Gasteiger partial charge in [0.15, 0.2) is 0 Å². The molecule has 0 unspecified atom stereocenters. The van der Waals surface area contributed by atoms with Gasteiger partial charge in [0.05, 0.1) is 0 Å². The Balaban J connectivity index is 0.000000221. The van der Waals surface area contributed by atoms with Crippen molar-refractivity contribution in [2.24, 2.45) is 0 Å². The van der Waals surface area contributed by atoms with Gasteiger partial charge in [-0.1, -0.05) is 43.0 Å². The summed E-state index contributed by atoms with van der Waals surface area (Å²) in [6.07, 6.45) is 1.83. The van der Waals surface area contributed by atoms with E-state index in [1.54, 1.807) is 0 Å². The molecule has 4 aromatic carbocycles. The monoisotopic (exact) mass is 455 g/mol. The van der Waals surface area contributed by atoms with Gasteiger partial charge in [-0.2, -0.15) is 0 Å². The van der Waals surface area contributed by atoms with Crippen LogP contribution in [0.1, 0.15) is 5.56 Å². The summed E-state index contributed by atoms with van der Waals surface area (Å²) in [6.45, 7) is 3.63. The van der Waals surface area contributed by atoms with Gasteiger partial charge in [-0.3, -0.25) is 0 Å². The molecule has 4 rings (SSSR count). The summed E-state index contributed by atoms with van der Waals surface area (Å²) in [7, 11) is 0. The first kappa shape index (κ1) is 19.2. The van der Waals surface area contributed by atoms with E-state index in [1.165, 1.54) is 16.3 Å². The van der Waals surface area contributed by atoms with Crippen molar-refractivity contribution in [3.63, 3.8) is 0 Å². The first-order chi connectivity index (χ1) is 13.4. The molecular weight excluding hydrogens is 431 g/mol. The number of hydrogen-bond acceptors (Lipinski definition) is 0. The molecule has 27 heavy (non-hydrogen) atoms. The standard InChI is InChI=1S/C8H8.3C6H5.Sn/c1-2-8-6-4-3-5-7-8;3*1-2-4-6-5-3-1;/h2-7H,1H2;3*1-5H;. The number of hydrogen-bond donors (Lipinski definition) is 0. The molecule has 4 aromatic rings. The quantitative estimate of drug-likeness (QED) is 0.398. The normalized spacial score (nSPS) is 9.96. The second kappa shape index (κ2) is 10.5. The van der Waals surface area contributed by atoms with Crippen molar-refractivity contribution in [1.82, 2.24) is 0 Å².